The number of aryl methyl sites for hydroxylation is 1. The zero-order chi connectivity index (χ0) is 15.7. The van der Waals surface area contributed by atoms with Gasteiger partial charge < -0.3 is 4.74 Å². The number of fused-ring (bicyclic) bond motifs is 1. The molecule has 1 saturated heterocycles. The topological polar surface area (TPSA) is 60.2 Å². The average molecular weight is 312 g/mol. The van der Waals surface area contributed by atoms with Gasteiger partial charge in [0.1, 0.15) is 6.33 Å². The monoisotopic (exact) mass is 312 g/mol. The number of hydrogen-bond acceptors (Lipinski definition) is 4. The van der Waals surface area contributed by atoms with E-state index in [-0.39, 0.29) is 5.91 Å². The second kappa shape index (κ2) is 5.77. The van der Waals surface area contributed by atoms with Gasteiger partial charge in [-0.2, -0.15) is 10.1 Å². The third kappa shape index (κ3) is 2.34. The quantitative estimate of drug-likeness (QED) is 0.848. The van der Waals surface area contributed by atoms with Gasteiger partial charge in [-0.3, -0.25) is 9.69 Å². The Bertz CT molecular complexity index is 692. The van der Waals surface area contributed by atoms with Gasteiger partial charge in [0, 0.05) is 26.3 Å². The fourth-order valence-electron chi connectivity index (χ4n) is 3.66. The minimum Gasteiger partial charge on any atom is -0.381 e. The Morgan fingerprint density at radius 3 is 2.70 bits per heavy atom. The van der Waals surface area contributed by atoms with Crippen molar-refractivity contribution in [1.82, 2.24) is 14.8 Å². The van der Waals surface area contributed by atoms with Crippen molar-refractivity contribution in [3.63, 3.8) is 0 Å². The van der Waals surface area contributed by atoms with Crippen LogP contribution in [0.5, 0.6) is 0 Å². The summed E-state index contributed by atoms with van der Waals surface area (Å²) >= 11 is 0. The van der Waals surface area contributed by atoms with Crippen LogP contribution in [0.25, 0.3) is 0 Å². The Kier molecular flexibility index (Phi) is 3.61. The lowest BCUT2D eigenvalue weighted by Crippen LogP contribution is -2.52. The lowest BCUT2D eigenvalue weighted by molar-refractivity contribution is -0.128. The van der Waals surface area contributed by atoms with Crippen LogP contribution in [0.15, 0.2) is 36.7 Å². The second-order valence-electron chi connectivity index (χ2n) is 6.15. The van der Waals surface area contributed by atoms with Crippen LogP contribution in [-0.4, -0.2) is 40.4 Å². The minimum atomic E-state index is -0.520. The van der Waals surface area contributed by atoms with Crippen molar-refractivity contribution in [2.45, 2.75) is 31.2 Å². The first-order valence-corrected chi connectivity index (χ1v) is 8.14. The van der Waals surface area contributed by atoms with E-state index in [1.54, 1.807) is 0 Å². The lowest BCUT2D eigenvalue weighted by atomic mass is 9.73. The minimum absolute atomic E-state index is 0.126. The molecule has 3 heterocycles. The summed E-state index contributed by atoms with van der Waals surface area (Å²) in [4.78, 5) is 19.6. The third-order valence-electron chi connectivity index (χ3n) is 4.92. The summed E-state index contributed by atoms with van der Waals surface area (Å²) in [7, 11) is 0. The molecule has 0 N–H and O–H groups in total. The van der Waals surface area contributed by atoms with Gasteiger partial charge in [-0.1, -0.05) is 30.3 Å². The van der Waals surface area contributed by atoms with Crippen molar-refractivity contribution < 1.29 is 9.53 Å². The van der Waals surface area contributed by atoms with Crippen molar-refractivity contribution in [1.29, 1.82) is 0 Å². The first-order chi connectivity index (χ1) is 11.3. The number of ether oxygens (including phenoxy) is 1. The molecule has 6 heteroatoms. The number of aromatic nitrogens is 3. The van der Waals surface area contributed by atoms with Crippen molar-refractivity contribution in [2.24, 2.45) is 0 Å². The number of carbonyl (C=O) groups excluding carboxylic acids is 1. The highest BCUT2D eigenvalue weighted by atomic mass is 16.5. The summed E-state index contributed by atoms with van der Waals surface area (Å²) in [5.41, 5.74) is 0.554. The van der Waals surface area contributed by atoms with Gasteiger partial charge in [-0.25, -0.2) is 4.68 Å². The molecule has 2 aromatic rings. The molecule has 1 amide bonds. The van der Waals surface area contributed by atoms with E-state index < -0.39 is 5.41 Å². The number of nitrogens with zero attached hydrogens (tertiary/aromatic N) is 4. The van der Waals surface area contributed by atoms with E-state index in [0.717, 1.165) is 18.5 Å². The van der Waals surface area contributed by atoms with Crippen LogP contribution in [0.4, 0.5) is 5.95 Å². The van der Waals surface area contributed by atoms with Gasteiger partial charge in [0.05, 0.1) is 5.41 Å². The Hall–Kier alpha value is -2.21. The SMILES string of the molecule is O=C(N1CCCn2ncnc21)C1(c2ccccc2)CCOCC1. The van der Waals surface area contributed by atoms with E-state index >= 15 is 0 Å². The zero-order valence-corrected chi connectivity index (χ0v) is 13.0. The number of rotatable bonds is 2. The largest absolute Gasteiger partial charge is 0.381 e. The van der Waals surface area contributed by atoms with Crippen LogP contribution >= 0.6 is 0 Å². The van der Waals surface area contributed by atoms with E-state index in [4.69, 9.17) is 4.74 Å². The normalized spacial score (nSPS) is 20.1. The molecule has 1 aromatic heterocycles. The molecule has 4 rings (SSSR count). The maximum absolute atomic E-state index is 13.5. The van der Waals surface area contributed by atoms with Gasteiger partial charge in [0.15, 0.2) is 0 Å². The summed E-state index contributed by atoms with van der Waals surface area (Å²) in [6.07, 6.45) is 3.85. The highest BCUT2D eigenvalue weighted by Gasteiger charge is 2.45. The molecule has 0 radical (unpaired) electrons. The highest BCUT2D eigenvalue weighted by Crippen LogP contribution is 2.38. The molecule has 1 fully saturated rings. The van der Waals surface area contributed by atoms with Gasteiger partial charge in [0.2, 0.25) is 11.9 Å². The molecular weight excluding hydrogens is 292 g/mol. The summed E-state index contributed by atoms with van der Waals surface area (Å²) < 4.78 is 7.35. The van der Waals surface area contributed by atoms with E-state index in [9.17, 15) is 4.79 Å². The molecule has 0 aliphatic carbocycles. The molecule has 0 spiro atoms. The lowest BCUT2D eigenvalue weighted by Gasteiger charge is -2.40. The van der Waals surface area contributed by atoms with Crippen molar-refractivity contribution in [2.75, 3.05) is 24.7 Å². The Labute approximate surface area is 135 Å². The Balaban J connectivity index is 1.75. The molecule has 0 unspecified atom stereocenters. The molecule has 2 aliphatic rings. The molecule has 23 heavy (non-hydrogen) atoms. The number of benzene rings is 1. The molecule has 2 aliphatic heterocycles. The predicted molar refractivity (Wildman–Crippen MR) is 85.2 cm³/mol. The van der Waals surface area contributed by atoms with Crippen LogP contribution in [-0.2, 0) is 21.5 Å². The van der Waals surface area contributed by atoms with Crippen LogP contribution in [0.1, 0.15) is 24.8 Å². The van der Waals surface area contributed by atoms with Crippen molar-refractivity contribution in [3.8, 4) is 0 Å². The number of carbonyl (C=O) groups is 1. The van der Waals surface area contributed by atoms with Crippen LogP contribution in [0.2, 0.25) is 0 Å². The summed E-state index contributed by atoms with van der Waals surface area (Å²) in [5, 5.41) is 4.22. The first-order valence-electron chi connectivity index (χ1n) is 8.14. The summed E-state index contributed by atoms with van der Waals surface area (Å²) in [5.74, 6) is 0.795. The molecule has 0 atom stereocenters. The third-order valence-corrected chi connectivity index (χ3v) is 4.92. The van der Waals surface area contributed by atoms with Gasteiger partial charge in [-0.05, 0) is 24.8 Å². The second-order valence-corrected chi connectivity index (χ2v) is 6.15. The standard InChI is InChI=1S/C17H20N4O2/c22-15(20-9-4-10-21-16(20)18-13-19-21)17(7-11-23-12-8-17)14-5-2-1-3-6-14/h1-3,5-6,13H,4,7-12H2. The Morgan fingerprint density at radius 1 is 1.13 bits per heavy atom. The molecule has 0 bridgehead atoms. The van der Waals surface area contributed by atoms with E-state index in [1.165, 1.54) is 6.33 Å². The zero-order valence-electron chi connectivity index (χ0n) is 13.0. The first kappa shape index (κ1) is 14.4. The summed E-state index contributed by atoms with van der Waals surface area (Å²) in [6.45, 7) is 2.75. The maximum Gasteiger partial charge on any atom is 0.240 e. The van der Waals surface area contributed by atoms with E-state index in [0.29, 0.717) is 38.5 Å². The van der Waals surface area contributed by atoms with E-state index in [2.05, 4.69) is 22.2 Å². The number of anilines is 1. The van der Waals surface area contributed by atoms with Gasteiger partial charge >= 0.3 is 0 Å². The van der Waals surface area contributed by atoms with Crippen LogP contribution in [0.3, 0.4) is 0 Å². The maximum atomic E-state index is 13.5. The number of hydrogen-bond donors (Lipinski definition) is 0. The van der Waals surface area contributed by atoms with Gasteiger partial charge in [0.25, 0.3) is 0 Å². The van der Waals surface area contributed by atoms with Crippen LogP contribution in [0, 0.1) is 0 Å². The van der Waals surface area contributed by atoms with Crippen molar-refractivity contribution >= 4 is 11.9 Å². The molecule has 0 saturated carbocycles. The van der Waals surface area contributed by atoms with Crippen LogP contribution < -0.4 is 4.90 Å². The number of amides is 1. The molecule has 1 aromatic carbocycles. The van der Waals surface area contributed by atoms with Crippen molar-refractivity contribution in [3.05, 3.63) is 42.2 Å². The Morgan fingerprint density at radius 2 is 1.91 bits per heavy atom. The smallest absolute Gasteiger partial charge is 0.240 e. The average Bonchev–Trinajstić information content (AvgIpc) is 3.11. The molecule has 120 valence electrons. The highest BCUT2D eigenvalue weighted by molar-refractivity contribution is 6.00. The molecule has 6 nitrogen and oxygen atoms in total. The fraction of sp³-hybridized carbons (Fsp3) is 0.471. The summed E-state index contributed by atoms with van der Waals surface area (Å²) in [6, 6.07) is 10.1. The molecular formula is C17H20N4O2. The van der Waals surface area contributed by atoms with E-state index in [1.807, 2.05) is 27.8 Å². The van der Waals surface area contributed by atoms with Gasteiger partial charge in [-0.15, -0.1) is 0 Å². The predicted octanol–water partition coefficient (Wildman–Crippen LogP) is 1.76. The fourth-order valence-corrected chi connectivity index (χ4v) is 3.66.